The van der Waals surface area contributed by atoms with E-state index in [1.807, 2.05) is 6.07 Å². The molecule has 0 aromatic carbocycles. The van der Waals surface area contributed by atoms with Crippen molar-refractivity contribution in [2.45, 2.75) is 44.8 Å². The fourth-order valence-electron chi connectivity index (χ4n) is 6.22. The summed E-state index contributed by atoms with van der Waals surface area (Å²) in [7, 11) is 0. The van der Waals surface area contributed by atoms with Crippen LogP contribution in [0.25, 0.3) is 0 Å². The SMILES string of the molecule is CC[C@H]1CN(c2nc(N)c(C(=O)NCCO)nc2Cl)CCN1C1CCN(Cc2ccc(Cl)nc2N2CCOCC2)CC1. The molecule has 42 heavy (non-hydrogen) atoms. The van der Waals surface area contributed by atoms with E-state index in [0.717, 1.165) is 77.4 Å². The maximum Gasteiger partial charge on any atom is 0.273 e. The molecule has 14 heteroatoms. The van der Waals surface area contributed by atoms with Gasteiger partial charge in [0.25, 0.3) is 5.91 Å². The number of piperidine rings is 1. The quantitative estimate of drug-likeness (QED) is 0.354. The third-order valence-electron chi connectivity index (χ3n) is 8.43. The zero-order valence-electron chi connectivity index (χ0n) is 24.1. The first-order chi connectivity index (χ1) is 20.4. The van der Waals surface area contributed by atoms with Gasteiger partial charge in [-0.25, -0.2) is 15.0 Å². The standard InChI is InChI=1S/C28H41Cl2N9O3/c1-2-20-18-38(27-24(30)34-23(25(31)35-27)28(41)32-7-14-40)10-11-39(20)21-5-8-36(9-6-21)17-19-3-4-22(29)33-26(19)37-12-15-42-16-13-37/h3-4,20-21,40H,2,5-18H2,1H3,(H2,31,35)(H,32,41)/t20-/m0/s1. The van der Waals surface area contributed by atoms with E-state index >= 15 is 0 Å². The number of nitrogens with two attached hydrogens (primary N) is 1. The Morgan fingerprint density at radius 3 is 2.52 bits per heavy atom. The summed E-state index contributed by atoms with van der Waals surface area (Å²) in [5.74, 6) is 1.01. The van der Waals surface area contributed by atoms with Crippen LogP contribution in [0.4, 0.5) is 17.5 Å². The van der Waals surface area contributed by atoms with Crippen LogP contribution < -0.4 is 20.9 Å². The minimum absolute atomic E-state index is 0.0268. The Morgan fingerprint density at radius 2 is 1.81 bits per heavy atom. The van der Waals surface area contributed by atoms with E-state index in [0.29, 0.717) is 36.3 Å². The number of aliphatic hydroxyl groups excluding tert-OH is 1. The summed E-state index contributed by atoms with van der Waals surface area (Å²) in [6.45, 7) is 10.6. The topological polar surface area (TPSA) is 136 Å². The number of carbonyl (C=O) groups is 1. The summed E-state index contributed by atoms with van der Waals surface area (Å²) in [5.41, 5.74) is 7.28. The molecule has 4 N–H and O–H groups in total. The van der Waals surface area contributed by atoms with Crippen molar-refractivity contribution in [3.05, 3.63) is 33.7 Å². The number of anilines is 3. The number of aliphatic hydroxyl groups is 1. The highest BCUT2D eigenvalue weighted by molar-refractivity contribution is 6.32. The van der Waals surface area contributed by atoms with Crippen molar-refractivity contribution < 1.29 is 14.6 Å². The molecule has 230 valence electrons. The number of hydrogen-bond acceptors (Lipinski definition) is 11. The van der Waals surface area contributed by atoms with E-state index in [1.54, 1.807) is 0 Å². The van der Waals surface area contributed by atoms with Gasteiger partial charge in [0.05, 0.1) is 19.8 Å². The number of ether oxygens (including phenoxy) is 1. The minimum atomic E-state index is -0.505. The van der Waals surface area contributed by atoms with Crippen molar-refractivity contribution >= 4 is 46.6 Å². The van der Waals surface area contributed by atoms with Crippen molar-refractivity contribution in [1.29, 1.82) is 0 Å². The normalized spacial score (nSPS) is 21.1. The molecule has 0 unspecified atom stereocenters. The third-order valence-corrected chi connectivity index (χ3v) is 8.89. The number of aromatic nitrogens is 3. The summed E-state index contributed by atoms with van der Waals surface area (Å²) in [6, 6.07) is 4.87. The van der Waals surface area contributed by atoms with Gasteiger partial charge in [-0.3, -0.25) is 14.6 Å². The van der Waals surface area contributed by atoms with Gasteiger partial charge in [-0.2, -0.15) is 0 Å². The highest BCUT2D eigenvalue weighted by Gasteiger charge is 2.35. The van der Waals surface area contributed by atoms with Gasteiger partial charge in [0.2, 0.25) is 0 Å². The van der Waals surface area contributed by atoms with Crippen LogP contribution in [0.2, 0.25) is 10.3 Å². The third kappa shape index (κ3) is 7.17. The van der Waals surface area contributed by atoms with Gasteiger partial charge >= 0.3 is 0 Å². The number of hydrogen-bond donors (Lipinski definition) is 3. The average molecular weight is 623 g/mol. The van der Waals surface area contributed by atoms with Crippen LogP contribution in [0.3, 0.4) is 0 Å². The number of carbonyl (C=O) groups excluding carboxylic acids is 1. The Hall–Kier alpha value is -2.48. The molecule has 0 radical (unpaired) electrons. The number of piperazine rings is 1. The first kappa shape index (κ1) is 31.0. The Kier molecular flexibility index (Phi) is 10.6. The predicted molar refractivity (Wildman–Crippen MR) is 164 cm³/mol. The average Bonchev–Trinajstić information content (AvgIpc) is 3.02. The fraction of sp³-hybridized carbons (Fsp3) is 0.643. The monoisotopic (exact) mass is 621 g/mol. The highest BCUT2D eigenvalue weighted by Crippen LogP contribution is 2.31. The summed E-state index contributed by atoms with van der Waals surface area (Å²) in [6.07, 6.45) is 3.21. The second-order valence-corrected chi connectivity index (χ2v) is 11.8. The van der Waals surface area contributed by atoms with E-state index in [1.165, 1.54) is 5.56 Å². The maximum absolute atomic E-state index is 12.3. The number of amides is 1. The summed E-state index contributed by atoms with van der Waals surface area (Å²) >= 11 is 12.8. The highest BCUT2D eigenvalue weighted by atomic mass is 35.5. The summed E-state index contributed by atoms with van der Waals surface area (Å²) in [5, 5.41) is 12.2. The first-order valence-electron chi connectivity index (χ1n) is 14.8. The first-order valence-corrected chi connectivity index (χ1v) is 15.6. The molecule has 0 aliphatic carbocycles. The predicted octanol–water partition coefficient (Wildman–Crippen LogP) is 1.88. The molecular formula is C28H41Cl2N9O3. The van der Waals surface area contributed by atoms with Crippen molar-refractivity contribution in [3.8, 4) is 0 Å². The molecule has 2 aromatic rings. The molecule has 3 aliphatic heterocycles. The number of nitrogens with zero attached hydrogens (tertiary/aromatic N) is 7. The Morgan fingerprint density at radius 1 is 1.05 bits per heavy atom. The minimum Gasteiger partial charge on any atom is -0.395 e. The van der Waals surface area contributed by atoms with E-state index < -0.39 is 5.91 Å². The van der Waals surface area contributed by atoms with Gasteiger partial charge in [-0.1, -0.05) is 36.2 Å². The molecule has 3 fully saturated rings. The molecule has 12 nitrogen and oxygen atoms in total. The van der Waals surface area contributed by atoms with Crippen molar-refractivity contribution in [2.24, 2.45) is 0 Å². The van der Waals surface area contributed by atoms with Crippen LogP contribution in [0.15, 0.2) is 12.1 Å². The van der Waals surface area contributed by atoms with E-state index in [4.69, 9.17) is 38.8 Å². The second-order valence-electron chi connectivity index (χ2n) is 11.0. The van der Waals surface area contributed by atoms with Gasteiger partial charge in [0.1, 0.15) is 11.0 Å². The maximum atomic E-state index is 12.3. The molecule has 5 rings (SSSR count). The number of halogens is 2. The lowest BCUT2D eigenvalue weighted by molar-refractivity contribution is 0.0610. The lowest BCUT2D eigenvalue weighted by Crippen LogP contribution is -2.58. The number of rotatable bonds is 9. The number of nitrogen functional groups attached to an aromatic ring is 1. The van der Waals surface area contributed by atoms with Gasteiger partial charge in [0.15, 0.2) is 22.5 Å². The zero-order chi connectivity index (χ0) is 29.6. The lowest BCUT2D eigenvalue weighted by Gasteiger charge is -2.47. The van der Waals surface area contributed by atoms with E-state index in [2.05, 4.69) is 52.9 Å². The molecule has 0 saturated carbocycles. The number of morpholine rings is 1. The second kappa shape index (κ2) is 14.3. The zero-order valence-corrected chi connectivity index (χ0v) is 25.7. The number of nitrogens with one attached hydrogen (secondary N) is 1. The Bertz CT molecular complexity index is 1230. The van der Waals surface area contributed by atoms with Crippen molar-refractivity contribution in [3.63, 3.8) is 0 Å². The molecule has 5 heterocycles. The molecular weight excluding hydrogens is 581 g/mol. The van der Waals surface area contributed by atoms with Crippen LogP contribution in [0.5, 0.6) is 0 Å². The van der Waals surface area contributed by atoms with E-state index in [9.17, 15) is 4.79 Å². The molecule has 1 amide bonds. The molecule has 0 bridgehead atoms. The molecule has 3 aliphatic rings. The van der Waals surface area contributed by atoms with Gasteiger partial charge in [-0.05, 0) is 38.4 Å². The van der Waals surface area contributed by atoms with Crippen molar-refractivity contribution in [1.82, 2.24) is 30.1 Å². The van der Waals surface area contributed by atoms with Gasteiger partial charge in [-0.15, -0.1) is 0 Å². The number of pyridine rings is 1. The van der Waals surface area contributed by atoms with Crippen LogP contribution in [0.1, 0.15) is 42.2 Å². The lowest BCUT2D eigenvalue weighted by atomic mass is 9.98. The number of likely N-dealkylation sites (tertiary alicyclic amines) is 1. The Balaban J connectivity index is 1.18. The van der Waals surface area contributed by atoms with Gasteiger partial charge < -0.3 is 30.7 Å². The van der Waals surface area contributed by atoms with E-state index in [-0.39, 0.29) is 29.8 Å². The van der Waals surface area contributed by atoms with Crippen LogP contribution in [0, 0.1) is 0 Å². The smallest absolute Gasteiger partial charge is 0.273 e. The molecule has 0 spiro atoms. The summed E-state index contributed by atoms with van der Waals surface area (Å²) in [4.78, 5) is 35.3. The van der Waals surface area contributed by atoms with Crippen LogP contribution >= 0.6 is 23.2 Å². The fourth-order valence-corrected chi connectivity index (χ4v) is 6.61. The summed E-state index contributed by atoms with van der Waals surface area (Å²) < 4.78 is 5.54. The van der Waals surface area contributed by atoms with Crippen LogP contribution in [-0.2, 0) is 11.3 Å². The molecule has 3 saturated heterocycles. The molecule has 1 atom stereocenters. The van der Waals surface area contributed by atoms with Crippen LogP contribution in [-0.4, -0.2) is 120 Å². The van der Waals surface area contributed by atoms with Crippen molar-refractivity contribution in [2.75, 3.05) is 87.7 Å². The Labute approximate surface area is 257 Å². The van der Waals surface area contributed by atoms with Gasteiger partial charge in [0, 0.05) is 63.5 Å². The largest absolute Gasteiger partial charge is 0.395 e. The molecule has 2 aromatic heterocycles.